The number of aromatic carboxylic acids is 1. The van der Waals surface area contributed by atoms with Gasteiger partial charge in [-0.15, -0.1) is 0 Å². The molecule has 2 aromatic rings. The van der Waals surface area contributed by atoms with Gasteiger partial charge in [-0.05, 0) is 37.1 Å². The molecule has 27 heavy (non-hydrogen) atoms. The fraction of sp³-hybridized carbons (Fsp3) is 0.250. The lowest BCUT2D eigenvalue weighted by molar-refractivity contribution is 0.0692. The summed E-state index contributed by atoms with van der Waals surface area (Å²) < 4.78 is 5.49. The summed E-state index contributed by atoms with van der Waals surface area (Å²) in [4.78, 5) is 36.4. The number of carbonyl (C=O) groups is 3. The first-order valence-electron chi connectivity index (χ1n) is 8.69. The first-order valence-corrected chi connectivity index (χ1v) is 8.69. The highest BCUT2D eigenvalue weighted by Crippen LogP contribution is 2.18. The minimum Gasteiger partial charge on any atom is -0.478 e. The van der Waals surface area contributed by atoms with Crippen LogP contribution in [0.3, 0.4) is 0 Å². The summed E-state index contributed by atoms with van der Waals surface area (Å²) in [5.74, 6) is -2.11. The molecule has 1 heterocycles. The Hall–Kier alpha value is -3.19. The number of carboxylic acid groups (broad SMARTS) is 1. The molecule has 2 aromatic carbocycles. The van der Waals surface area contributed by atoms with Crippen molar-refractivity contribution in [2.45, 2.75) is 18.9 Å². The van der Waals surface area contributed by atoms with Crippen LogP contribution in [0.5, 0.6) is 0 Å². The van der Waals surface area contributed by atoms with E-state index in [0.717, 1.165) is 12.8 Å². The van der Waals surface area contributed by atoms with E-state index in [9.17, 15) is 19.5 Å². The molecular formula is C20H20N2O5. The molecule has 7 heteroatoms. The van der Waals surface area contributed by atoms with Gasteiger partial charge < -0.3 is 20.5 Å². The molecule has 1 saturated heterocycles. The van der Waals surface area contributed by atoms with Gasteiger partial charge in [-0.3, -0.25) is 9.59 Å². The number of ether oxygens (including phenoxy) is 1. The zero-order valence-electron chi connectivity index (χ0n) is 14.6. The van der Waals surface area contributed by atoms with Crippen molar-refractivity contribution in [1.82, 2.24) is 5.32 Å². The number of hydrogen-bond acceptors (Lipinski definition) is 4. The maximum Gasteiger partial charge on any atom is 0.336 e. The second-order valence-electron chi connectivity index (χ2n) is 6.20. The van der Waals surface area contributed by atoms with Crippen LogP contribution in [0.15, 0.2) is 48.5 Å². The molecule has 0 unspecified atom stereocenters. The third kappa shape index (κ3) is 4.51. The molecule has 0 saturated carbocycles. The van der Waals surface area contributed by atoms with Gasteiger partial charge in [-0.2, -0.15) is 0 Å². The number of rotatable bonds is 6. The van der Waals surface area contributed by atoms with Crippen molar-refractivity contribution in [3.8, 4) is 0 Å². The molecule has 7 nitrogen and oxygen atoms in total. The molecule has 0 spiro atoms. The van der Waals surface area contributed by atoms with Crippen molar-refractivity contribution in [2.24, 2.45) is 0 Å². The van der Waals surface area contributed by atoms with E-state index < -0.39 is 11.9 Å². The van der Waals surface area contributed by atoms with Crippen molar-refractivity contribution in [3.63, 3.8) is 0 Å². The summed E-state index contributed by atoms with van der Waals surface area (Å²) in [6.07, 6.45) is 1.90. The van der Waals surface area contributed by atoms with E-state index in [-0.39, 0.29) is 23.1 Å². The molecule has 0 radical (unpaired) electrons. The molecule has 1 aliphatic rings. The van der Waals surface area contributed by atoms with Gasteiger partial charge in [-0.1, -0.05) is 24.3 Å². The summed E-state index contributed by atoms with van der Waals surface area (Å²) in [6, 6.07) is 12.5. The van der Waals surface area contributed by atoms with Crippen LogP contribution in [0.1, 0.15) is 43.9 Å². The number of para-hydroxylation sites is 1. The van der Waals surface area contributed by atoms with Gasteiger partial charge in [-0.25, -0.2) is 4.79 Å². The van der Waals surface area contributed by atoms with Gasteiger partial charge in [0.2, 0.25) is 0 Å². The van der Waals surface area contributed by atoms with E-state index in [1.807, 2.05) is 0 Å². The average Bonchev–Trinajstić information content (AvgIpc) is 3.20. The smallest absolute Gasteiger partial charge is 0.336 e. The van der Waals surface area contributed by atoms with Crippen LogP contribution in [0.4, 0.5) is 5.69 Å². The zero-order chi connectivity index (χ0) is 19.2. The number of nitrogens with one attached hydrogen (secondary N) is 2. The Labute approximate surface area is 156 Å². The Morgan fingerprint density at radius 1 is 0.963 bits per heavy atom. The lowest BCUT2D eigenvalue weighted by Gasteiger charge is -2.14. The normalized spacial score (nSPS) is 15.9. The molecule has 3 rings (SSSR count). The maximum absolute atomic E-state index is 12.6. The van der Waals surface area contributed by atoms with Gasteiger partial charge in [0.05, 0.1) is 28.5 Å². The third-order valence-electron chi connectivity index (χ3n) is 4.34. The fourth-order valence-electron chi connectivity index (χ4n) is 2.95. The van der Waals surface area contributed by atoms with E-state index in [2.05, 4.69) is 10.6 Å². The number of anilines is 1. The second kappa shape index (κ2) is 8.46. The van der Waals surface area contributed by atoms with Crippen LogP contribution in [-0.2, 0) is 4.74 Å². The van der Waals surface area contributed by atoms with E-state index in [1.54, 1.807) is 36.4 Å². The van der Waals surface area contributed by atoms with Crippen LogP contribution in [-0.4, -0.2) is 42.1 Å². The highest BCUT2D eigenvalue weighted by Gasteiger charge is 2.20. The molecule has 1 aliphatic heterocycles. The molecule has 1 atom stereocenters. The molecule has 3 N–H and O–H groups in total. The molecular weight excluding hydrogens is 348 g/mol. The number of carboxylic acids is 1. The topological polar surface area (TPSA) is 105 Å². The molecule has 0 bridgehead atoms. The SMILES string of the molecule is O=C(NC[C@@H]1CCCO1)c1ccccc1NC(=O)c1ccccc1C(=O)O. The van der Waals surface area contributed by atoms with Crippen LogP contribution in [0, 0.1) is 0 Å². The highest BCUT2D eigenvalue weighted by atomic mass is 16.5. The number of carbonyl (C=O) groups excluding carboxylic acids is 2. The average molecular weight is 368 g/mol. The van der Waals surface area contributed by atoms with E-state index in [1.165, 1.54) is 12.1 Å². The minimum atomic E-state index is -1.19. The fourth-order valence-corrected chi connectivity index (χ4v) is 2.95. The maximum atomic E-state index is 12.6. The second-order valence-corrected chi connectivity index (χ2v) is 6.20. The standard InChI is InChI=1S/C20H20N2O5/c23-18(21-12-13-6-5-11-27-13)16-9-3-4-10-17(16)22-19(24)14-7-1-2-8-15(14)20(25)26/h1-4,7-10,13H,5-6,11-12H2,(H,21,23)(H,22,24)(H,25,26)/t13-/m0/s1. The number of benzene rings is 2. The lowest BCUT2D eigenvalue weighted by atomic mass is 10.1. The van der Waals surface area contributed by atoms with E-state index >= 15 is 0 Å². The van der Waals surface area contributed by atoms with Gasteiger partial charge >= 0.3 is 5.97 Å². The lowest BCUT2D eigenvalue weighted by Crippen LogP contribution is -2.32. The van der Waals surface area contributed by atoms with Crippen molar-refractivity contribution in [2.75, 3.05) is 18.5 Å². The predicted molar refractivity (Wildman–Crippen MR) is 99.1 cm³/mol. The van der Waals surface area contributed by atoms with Gasteiger partial charge in [0.1, 0.15) is 0 Å². The summed E-state index contributed by atoms with van der Waals surface area (Å²) >= 11 is 0. The summed E-state index contributed by atoms with van der Waals surface area (Å²) in [7, 11) is 0. The summed E-state index contributed by atoms with van der Waals surface area (Å²) in [6.45, 7) is 1.11. The van der Waals surface area contributed by atoms with E-state index in [4.69, 9.17) is 4.74 Å². The largest absolute Gasteiger partial charge is 0.478 e. The Balaban J connectivity index is 1.75. The molecule has 1 fully saturated rings. The quantitative estimate of drug-likeness (QED) is 0.727. The minimum absolute atomic E-state index is 0.0122. The predicted octanol–water partition coefficient (Wildman–Crippen LogP) is 2.55. The molecule has 0 aliphatic carbocycles. The van der Waals surface area contributed by atoms with Crippen LogP contribution >= 0.6 is 0 Å². The Kier molecular flexibility index (Phi) is 5.83. The van der Waals surface area contributed by atoms with Crippen LogP contribution in [0.25, 0.3) is 0 Å². The van der Waals surface area contributed by atoms with Crippen molar-refractivity contribution < 1.29 is 24.2 Å². The molecule has 140 valence electrons. The van der Waals surface area contributed by atoms with Crippen LogP contribution in [0.2, 0.25) is 0 Å². The van der Waals surface area contributed by atoms with Crippen molar-refractivity contribution >= 4 is 23.5 Å². The first kappa shape index (κ1) is 18.6. The van der Waals surface area contributed by atoms with Crippen LogP contribution < -0.4 is 10.6 Å². The first-order chi connectivity index (χ1) is 13.1. The summed E-state index contributed by atoms with van der Waals surface area (Å²) in [5, 5.41) is 14.7. The van der Waals surface area contributed by atoms with Gasteiger partial charge in [0.25, 0.3) is 11.8 Å². The highest BCUT2D eigenvalue weighted by molar-refractivity contribution is 6.13. The Morgan fingerprint density at radius 3 is 2.30 bits per heavy atom. The molecule has 2 amide bonds. The van der Waals surface area contributed by atoms with Crippen molar-refractivity contribution in [1.29, 1.82) is 0 Å². The van der Waals surface area contributed by atoms with E-state index in [0.29, 0.717) is 24.4 Å². The number of hydrogen-bond donors (Lipinski definition) is 3. The number of amides is 2. The monoisotopic (exact) mass is 368 g/mol. The van der Waals surface area contributed by atoms with Gasteiger partial charge in [0, 0.05) is 13.2 Å². The third-order valence-corrected chi connectivity index (χ3v) is 4.34. The van der Waals surface area contributed by atoms with Gasteiger partial charge in [0.15, 0.2) is 0 Å². The Bertz CT molecular complexity index is 859. The Morgan fingerprint density at radius 2 is 1.63 bits per heavy atom. The zero-order valence-corrected chi connectivity index (χ0v) is 14.6. The van der Waals surface area contributed by atoms with Crippen molar-refractivity contribution in [3.05, 3.63) is 65.2 Å². The summed E-state index contributed by atoms with van der Waals surface area (Å²) in [5.41, 5.74) is 0.541. The molecule has 0 aromatic heterocycles.